The predicted octanol–water partition coefficient (Wildman–Crippen LogP) is 3.33. The highest BCUT2D eigenvalue weighted by molar-refractivity contribution is 7.14. The van der Waals surface area contributed by atoms with E-state index < -0.39 is 0 Å². The first-order valence-electron chi connectivity index (χ1n) is 9.30. The number of piperidine rings is 1. The third-order valence-electron chi connectivity index (χ3n) is 4.66. The van der Waals surface area contributed by atoms with Crippen LogP contribution in [0.2, 0.25) is 0 Å². The number of guanidine groups is 1. The summed E-state index contributed by atoms with van der Waals surface area (Å²) in [5.41, 5.74) is 0.0849. The van der Waals surface area contributed by atoms with Gasteiger partial charge in [0.25, 0.3) is 0 Å². The number of rotatable bonds is 6. The van der Waals surface area contributed by atoms with Crippen LogP contribution in [-0.4, -0.2) is 51.4 Å². The minimum Gasteiger partial charge on any atom is -0.379 e. The highest BCUT2D eigenvalue weighted by atomic mass is 32.1. The number of ether oxygens (including phenoxy) is 1. The number of nitrogens with one attached hydrogen (secondary N) is 2. The average molecular weight is 367 g/mol. The van der Waals surface area contributed by atoms with Gasteiger partial charge in [-0.05, 0) is 42.7 Å². The molecule has 2 rings (SSSR count). The van der Waals surface area contributed by atoms with Crippen molar-refractivity contribution in [2.75, 3.05) is 38.2 Å². The molecule has 0 bridgehead atoms. The lowest BCUT2D eigenvalue weighted by molar-refractivity contribution is 0.0241. The molecule has 5 nitrogen and oxygen atoms in total. The van der Waals surface area contributed by atoms with Crippen LogP contribution in [0.25, 0.3) is 0 Å². The monoisotopic (exact) mass is 366 g/mol. The molecular formula is C19H34N4OS. The number of nitrogens with zero attached hydrogens (tertiary/aromatic N) is 2. The molecular weight excluding hydrogens is 332 g/mol. The van der Waals surface area contributed by atoms with Crippen LogP contribution in [0.3, 0.4) is 0 Å². The standard InChI is InChI=1S/C19H34N4OS/c1-6-20-18(21-14-16(24-5)19(2,3)4)22-15-9-11-23(12-10-15)17-8-7-13-25-17/h7-8,13,15-16H,6,9-12,14H2,1-5H3,(H2,20,21,22). The van der Waals surface area contributed by atoms with Crippen molar-refractivity contribution >= 4 is 22.3 Å². The molecule has 0 saturated carbocycles. The highest BCUT2D eigenvalue weighted by Crippen LogP contribution is 2.25. The number of methoxy groups -OCH3 is 1. The lowest BCUT2D eigenvalue weighted by Gasteiger charge is -2.34. The van der Waals surface area contributed by atoms with Crippen LogP contribution in [0.1, 0.15) is 40.5 Å². The fourth-order valence-electron chi connectivity index (χ4n) is 3.08. The first-order chi connectivity index (χ1) is 11.9. The molecule has 1 aromatic rings. The number of hydrogen-bond acceptors (Lipinski definition) is 4. The Morgan fingerprint density at radius 1 is 1.40 bits per heavy atom. The van der Waals surface area contributed by atoms with E-state index in [4.69, 9.17) is 9.73 Å². The van der Waals surface area contributed by atoms with Crippen LogP contribution in [0.15, 0.2) is 22.5 Å². The lowest BCUT2D eigenvalue weighted by Crippen LogP contribution is -2.49. The van der Waals surface area contributed by atoms with E-state index in [-0.39, 0.29) is 11.5 Å². The fourth-order valence-corrected chi connectivity index (χ4v) is 3.87. The SMILES string of the molecule is CCNC(=NCC(OC)C(C)(C)C)NC1CCN(c2cccs2)CC1. The summed E-state index contributed by atoms with van der Waals surface area (Å²) in [4.78, 5) is 7.25. The number of aliphatic imine (C=N–C) groups is 1. The molecule has 0 aromatic carbocycles. The fraction of sp³-hybridized carbons (Fsp3) is 0.737. The minimum atomic E-state index is 0.0849. The van der Waals surface area contributed by atoms with E-state index in [1.165, 1.54) is 5.00 Å². The van der Waals surface area contributed by atoms with Crippen LogP contribution in [0, 0.1) is 5.41 Å². The Bertz CT molecular complexity index is 516. The van der Waals surface area contributed by atoms with Crippen molar-refractivity contribution in [3.63, 3.8) is 0 Å². The van der Waals surface area contributed by atoms with Gasteiger partial charge in [0.2, 0.25) is 0 Å². The largest absolute Gasteiger partial charge is 0.379 e. The molecule has 25 heavy (non-hydrogen) atoms. The van der Waals surface area contributed by atoms with E-state index >= 15 is 0 Å². The zero-order chi connectivity index (χ0) is 18.3. The minimum absolute atomic E-state index is 0.0849. The smallest absolute Gasteiger partial charge is 0.191 e. The summed E-state index contributed by atoms with van der Waals surface area (Å²) >= 11 is 1.82. The Morgan fingerprint density at radius 2 is 2.12 bits per heavy atom. The first kappa shape index (κ1) is 20.0. The van der Waals surface area contributed by atoms with Crippen molar-refractivity contribution < 1.29 is 4.74 Å². The Morgan fingerprint density at radius 3 is 2.64 bits per heavy atom. The Hall–Kier alpha value is -1.27. The van der Waals surface area contributed by atoms with Crippen molar-refractivity contribution in [2.45, 2.75) is 52.7 Å². The van der Waals surface area contributed by atoms with Crippen LogP contribution in [0.4, 0.5) is 5.00 Å². The Balaban J connectivity index is 1.87. The van der Waals surface area contributed by atoms with Gasteiger partial charge in [0.05, 0.1) is 17.6 Å². The summed E-state index contributed by atoms with van der Waals surface area (Å²) < 4.78 is 5.62. The summed E-state index contributed by atoms with van der Waals surface area (Å²) in [7, 11) is 1.77. The molecule has 1 aliphatic heterocycles. The van der Waals surface area contributed by atoms with Gasteiger partial charge in [-0.2, -0.15) is 0 Å². The van der Waals surface area contributed by atoms with E-state index in [1.807, 2.05) is 11.3 Å². The van der Waals surface area contributed by atoms with E-state index in [0.717, 1.165) is 38.4 Å². The van der Waals surface area contributed by atoms with Crippen LogP contribution in [0.5, 0.6) is 0 Å². The molecule has 0 aliphatic carbocycles. The van der Waals surface area contributed by atoms with Gasteiger partial charge < -0.3 is 20.3 Å². The van der Waals surface area contributed by atoms with Gasteiger partial charge in [-0.3, -0.25) is 4.99 Å². The maximum absolute atomic E-state index is 5.62. The van der Waals surface area contributed by atoms with Crippen molar-refractivity contribution in [1.29, 1.82) is 0 Å². The maximum atomic E-state index is 5.62. The van der Waals surface area contributed by atoms with E-state index in [2.05, 4.69) is 60.7 Å². The zero-order valence-corrected chi connectivity index (χ0v) is 17.2. The molecule has 0 radical (unpaired) electrons. The third-order valence-corrected chi connectivity index (χ3v) is 5.59. The average Bonchev–Trinajstić information content (AvgIpc) is 3.09. The molecule has 1 aromatic heterocycles. The van der Waals surface area contributed by atoms with Gasteiger partial charge in [0.1, 0.15) is 0 Å². The third kappa shape index (κ3) is 6.19. The van der Waals surface area contributed by atoms with Crippen molar-refractivity contribution in [1.82, 2.24) is 10.6 Å². The first-order valence-corrected chi connectivity index (χ1v) is 10.2. The number of hydrogen-bond donors (Lipinski definition) is 2. The highest BCUT2D eigenvalue weighted by Gasteiger charge is 2.25. The van der Waals surface area contributed by atoms with Gasteiger partial charge >= 0.3 is 0 Å². The topological polar surface area (TPSA) is 48.9 Å². The zero-order valence-electron chi connectivity index (χ0n) is 16.3. The van der Waals surface area contributed by atoms with Gasteiger partial charge in [-0.15, -0.1) is 11.3 Å². The summed E-state index contributed by atoms with van der Waals surface area (Å²) in [6.45, 7) is 12.4. The van der Waals surface area contributed by atoms with E-state index in [0.29, 0.717) is 12.6 Å². The molecule has 0 spiro atoms. The molecule has 1 aliphatic rings. The summed E-state index contributed by atoms with van der Waals surface area (Å²) in [6, 6.07) is 4.81. The molecule has 142 valence electrons. The molecule has 1 saturated heterocycles. The van der Waals surface area contributed by atoms with Gasteiger partial charge in [-0.1, -0.05) is 20.8 Å². The normalized spacial score (nSPS) is 18.3. The Labute approximate surface area is 156 Å². The molecule has 1 unspecified atom stereocenters. The van der Waals surface area contributed by atoms with Gasteiger partial charge in [0, 0.05) is 32.8 Å². The second-order valence-corrected chi connectivity index (χ2v) is 8.59. The second kappa shape index (κ2) is 9.43. The lowest BCUT2D eigenvalue weighted by atomic mass is 9.89. The predicted molar refractivity (Wildman–Crippen MR) is 109 cm³/mol. The Kier molecular flexibility index (Phi) is 7.56. The van der Waals surface area contributed by atoms with E-state index in [1.54, 1.807) is 7.11 Å². The quantitative estimate of drug-likeness (QED) is 0.599. The van der Waals surface area contributed by atoms with Gasteiger partial charge in [-0.25, -0.2) is 0 Å². The van der Waals surface area contributed by atoms with Crippen LogP contribution >= 0.6 is 11.3 Å². The van der Waals surface area contributed by atoms with Crippen molar-refractivity contribution in [3.05, 3.63) is 17.5 Å². The molecule has 2 heterocycles. The van der Waals surface area contributed by atoms with Crippen LogP contribution < -0.4 is 15.5 Å². The molecule has 1 atom stereocenters. The molecule has 6 heteroatoms. The summed E-state index contributed by atoms with van der Waals surface area (Å²) in [5.74, 6) is 0.906. The maximum Gasteiger partial charge on any atom is 0.191 e. The van der Waals surface area contributed by atoms with Crippen LogP contribution in [-0.2, 0) is 4.74 Å². The molecule has 2 N–H and O–H groups in total. The van der Waals surface area contributed by atoms with Crippen molar-refractivity contribution in [3.8, 4) is 0 Å². The second-order valence-electron chi connectivity index (χ2n) is 7.67. The molecule has 1 fully saturated rings. The van der Waals surface area contributed by atoms with Crippen molar-refractivity contribution in [2.24, 2.45) is 10.4 Å². The number of thiophene rings is 1. The number of anilines is 1. The van der Waals surface area contributed by atoms with E-state index in [9.17, 15) is 0 Å². The van der Waals surface area contributed by atoms with Gasteiger partial charge in [0.15, 0.2) is 5.96 Å². The summed E-state index contributed by atoms with van der Waals surface area (Å²) in [6.07, 6.45) is 2.38. The molecule has 0 amide bonds. The summed E-state index contributed by atoms with van der Waals surface area (Å²) in [5, 5.41) is 10.5.